The van der Waals surface area contributed by atoms with Gasteiger partial charge in [-0.25, -0.2) is 0 Å². The van der Waals surface area contributed by atoms with E-state index < -0.39 is 0 Å². The van der Waals surface area contributed by atoms with Gasteiger partial charge in [0.15, 0.2) is 5.69 Å². The lowest BCUT2D eigenvalue weighted by atomic mass is 9.71. The number of para-hydroxylation sites is 1. The van der Waals surface area contributed by atoms with Crippen LogP contribution < -0.4 is 0 Å². The maximum Gasteiger partial charge on any atom is 0.275 e. The normalized spacial score (nSPS) is 21.6. The number of nitrogens with zero attached hydrogens (tertiary/aromatic N) is 4. The van der Waals surface area contributed by atoms with Gasteiger partial charge in [0.1, 0.15) is 0 Å². The van der Waals surface area contributed by atoms with Crippen LogP contribution in [0.4, 0.5) is 0 Å². The molecule has 0 aliphatic carbocycles. The Kier molecular flexibility index (Phi) is 4.87. The molecular weight excluding hydrogens is 356 g/mol. The van der Waals surface area contributed by atoms with E-state index in [1.54, 1.807) is 18.7 Å². The molecule has 1 aromatic heterocycles. The van der Waals surface area contributed by atoms with E-state index in [4.69, 9.17) is 4.74 Å². The van der Waals surface area contributed by atoms with E-state index in [0.29, 0.717) is 31.3 Å². The largest absolute Gasteiger partial charge is 0.384 e. The van der Waals surface area contributed by atoms with Crippen LogP contribution in [0.25, 0.3) is 10.9 Å². The Morgan fingerprint density at radius 2 is 1.93 bits per heavy atom. The molecule has 7 nitrogen and oxygen atoms in total. The summed E-state index contributed by atoms with van der Waals surface area (Å²) in [6.07, 6.45) is 1.78. The molecular formula is C21H28N4O3. The molecule has 2 aliphatic heterocycles. The predicted molar refractivity (Wildman–Crippen MR) is 106 cm³/mol. The molecule has 1 atom stereocenters. The van der Waals surface area contributed by atoms with Crippen molar-refractivity contribution in [1.82, 2.24) is 19.6 Å². The van der Waals surface area contributed by atoms with Crippen LogP contribution in [0.5, 0.6) is 0 Å². The molecule has 2 aliphatic rings. The van der Waals surface area contributed by atoms with Crippen LogP contribution in [0.2, 0.25) is 0 Å². The summed E-state index contributed by atoms with van der Waals surface area (Å²) >= 11 is 0. The number of rotatable bonds is 3. The van der Waals surface area contributed by atoms with E-state index in [1.807, 2.05) is 41.1 Å². The number of carbonyl (C=O) groups excluding carboxylic acids is 2. The summed E-state index contributed by atoms with van der Waals surface area (Å²) in [4.78, 5) is 28.9. The summed E-state index contributed by atoms with van der Waals surface area (Å²) in [7, 11) is 3.59. The first-order valence-corrected chi connectivity index (χ1v) is 9.90. The monoisotopic (exact) mass is 384 g/mol. The number of aryl methyl sites for hydroxylation is 1. The van der Waals surface area contributed by atoms with Gasteiger partial charge in [-0.15, -0.1) is 0 Å². The highest BCUT2D eigenvalue weighted by Gasteiger charge is 2.49. The average Bonchev–Trinajstić information content (AvgIpc) is 3.21. The SMILES string of the molecule is COCC1CN(C(C)=O)CC12CCN(C(=O)c1nn(C)c3ccccc13)CC2. The predicted octanol–water partition coefficient (Wildman–Crippen LogP) is 1.92. The van der Waals surface area contributed by atoms with Crippen LogP contribution in [-0.4, -0.2) is 71.3 Å². The molecule has 3 heterocycles. The first-order chi connectivity index (χ1) is 13.4. The van der Waals surface area contributed by atoms with Gasteiger partial charge < -0.3 is 14.5 Å². The maximum absolute atomic E-state index is 13.2. The third-order valence-corrected chi connectivity index (χ3v) is 6.63. The molecule has 2 aromatic rings. The summed E-state index contributed by atoms with van der Waals surface area (Å²) in [6.45, 7) is 5.19. The Morgan fingerprint density at radius 1 is 1.21 bits per heavy atom. The Bertz CT molecular complexity index is 898. The number of amides is 2. The Labute approximate surface area is 165 Å². The summed E-state index contributed by atoms with van der Waals surface area (Å²) in [5, 5.41) is 5.39. The van der Waals surface area contributed by atoms with E-state index in [1.165, 1.54) is 0 Å². The van der Waals surface area contributed by atoms with Crippen LogP contribution in [0.1, 0.15) is 30.3 Å². The van der Waals surface area contributed by atoms with Crippen molar-refractivity contribution < 1.29 is 14.3 Å². The van der Waals surface area contributed by atoms with Gasteiger partial charge in [0, 0.05) is 58.6 Å². The number of hydrogen-bond acceptors (Lipinski definition) is 4. The second kappa shape index (κ2) is 7.20. The van der Waals surface area contributed by atoms with Crippen molar-refractivity contribution in [3.8, 4) is 0 Å². The van der Waals surface area contributed by atoms with Crippen LogP contribution in [0.15, 0.2) is 24.3 Å². The van der Waals surface area contributed by atoms with Gasteiger partial charge in [-0.2, -0.15) is 5.10 Å². The fourth-order valence-corrected chi connectivity index (χ4v) is 4.95. The van der Waals surface area contributed by atoms with Crippen LogP contribution in [0, 0.1) is 11.3 Å². The molecule has 28 heavy (non-hydrogen) atoms. The lowest BCUT2D eigenvalue weighted by Gasteiger charge is -2.42. The molecule has 2 fully saturated rings. The lowest BCUT2D eigenvalue weighted by Crippen LogP contribution is -2.47. The number of methoxy groups -OCH3 is 1. The number of ether oxygens (including phenoxy) is 1. The van der Waals surface area contributed by atoms with Gasteiger partial charge in [-0.1, -0.05) is 18.2 Å². The van der Waals surface area contributed by atoms with Gasteiger partial charge in [0.2, 0.25) is 5.91 Å². The quantitative estimate of drug-likeness (QED) is 0.811. The number of fused-ring (bicyclic) bond motifs is 1. The minimum Gasteiger partial charge on any atom is -0.384 e. The van der Waals surface area contributed by atoms with Gasteiger partial charge in [0.25, 0.3) is 5.91 Å². The summed E-state index contributed by atoms with van der Waals surface area (Å²) in [5.41, 5.74) is 1.54. The van der Waals surface area contributed by atoms with Gasteiger partial charge >= 0.3 is 0 Å². The third kappa shape index (κ3) is 3.07. The van der Waals surface area contributed by atoms with Crippen molar-refractivity contribution in [1.29, 1.82) is 0 Å². The number of hydrogen-bond donors (Lipinski definition) is 0. The zero-order chi connectivity index (χ0) is 19.9. The van der Waals surface area contributed by atoms with Crippen molar-refractivity contribution in [3.63, 3.8) is 0 Å². The van der Waals surface area contributed by atoms with E-state index >= 15 is 0 Å². The topological polar surface area (TPSA) is 67.7 Å². The zero-order valence-corrected chi connectivity index (χ0v) is 16.9. The van der Waals surface area contributed by atoms with Gasteiger partial charge in [-0.05, 0) is 24.3 Å². The van der Waals surface area contributed by atoms with E-state index in [2.05, 4.69) is 5.10 Å². The smallest absolute Gasteiger partial charge is 0.275 e. The Morgan fingerprint density at radius 3 is 2.61 bits per heavy atom. The number of aromatic nitrogens is 2. The molecule has 4 rings (SSSR count). The lowest BCUT2D eigenvalue weighted by molar-refractivity contribution is -0.128. The molecule has 1 spiro atoms. The number of carbonyl (C=O) groups is 2. The van der Waals surface area contributed by atoms with Crippen LogP contribution >= 0.6 is 0 Å². The fourth-order valence-electron chi connectivity index (χ4n) is 4.95. The van der Waals surface area contributed by atoms with Crippen molar-refractivity contribution in [3.05, 3.63) is 30.0 Å². The molecule has 0 radical (unpaired) electrons. The minimum absolute atomic E-state index is 0.00337. The molecule has 0 N–H and O–H groups in total. The van der Waals surface area contributed by atoms with Gasteiger partial charge in [-0.3, -0.25) is 14.3 Å². The Hall–Kier alpha value is -2.41. The molecule has 150 valence electrons. The molecule has 7 heteroatoms. The van der Waals surface area contributed by atoms with Crippen molar-refractivity contribution in [2.45, 2.75) is 19.8 Å². The minimum atomic E-state index is -0.00337. The highest BCUT2D eigenvalue weighted by molar-refractivity contribution is 6.04. The second-order valence-corrected chi connectivity index (χ2v) is 8.20. The highest BCUT2D eigenvalue weighted by atomic mass is 16.5. The standard InChI is InChI=1S/C21H28N4O3/c1-15(26)25-12-16(13-28-3)21(14-25)8-10-24(11-9-21)20(27)19-17-6-4-5-7-18(17)23(2)22-19/h4-7,16H,8-14H2,1-3H3. The summed E-state index contributed by atoms with van der Waals surface area (Å²) in [6, 6.07) is 7.84. The van der Waals surface area contributed by atoms with E-state index in [-0.39, 0.29) is 17.2 Å². The van der Waals surface area contributed by atoms with Crippen molar-refractivity contribution >= 4 is 22.7 Å². The van der Waals surface area contributed by atoms with Crippen molar-refractivity contribution in [2.75, 3.05) is 39.9 Å². The molecule has 2 amide bonds. The molecule has 0 bridgehead atoms. The number of piperidine rings is 1. The second-order valence-electron chi connectivity index (χ2n) is 8.20. The van der Waals surface area contributed by atoms with E-state index in [0.717, 1.165) is 36.8 Å². The van der Waals surface area contributed by atoms with Crippen molar-refractivity contribution in [2.24, 2.45) is 18.4 Å². The number of benzene rings is 1. The first-order valence-electron chi connectivity index (χ1n) is 9.90. The molecule has 0 saturated carbocycles. The molecule has 1 aromatic carbocycles. The highest BCUT2D eigenvalue weighted by Crippen LogP contribution is 2.45. The molecule has 1 unspecified atom stereocenters. The van der Waals surface area contributed by atoms with E-state index in [9.17, 15) is 9.59 Å². The van der Waals surface area contributed by atoms with Crippen LogP contribution in [0.3, 0.4) is 0 Å². The zero-order valence-electron chi connectivity index (χ0n) is 16.9. The Balaban J connectivity index is 1.51. The summed E-state index contributed by atoms with van der Waals surface area (Å²) < 4.78 is 7.21. The number of likely N-dealkylation sites (tertiary alicyclic amines) is 2. The maximum atomic E-state index is 13.2. The van der Waals surface area contributed by atoms with Gasteiger partial charge in [0.05, 0.1) is 12.1 Å². The third-order valence-electron chi connectivity index (χ3n) is 6.63. The first kappa shape index (κ1) is 18.9. The molecule has 2 saturated heterocycles. The fraction of sp³-hybridized carbons (Fsp3) is 0.571. The summed E-state index contributed by atoms with van der Waals surface area (Å²) in [5.74, 6) is 0.446. The van der Waals surface area contributed by atoms with Crippen LogP contribution in [-0.2, 0) is 16.6 Å². The average molecular weight is 384 g/mol.